The van der Waals surface area contributed by atoms with Crippen molar-refractivity contribution in [3.63, 3.8) is 0 Å². The molecule has 1 atom stereocenters. The zero-order chi connectivity index (χ0) is 16.9. The molecular formula is C19H22O2S. The van der Waals surface area contributed by atoms with E-state index in [0.29, 0.717) is 28.2 Å². The van der Waals surface area contributed by atoms with Gasteiger partial charge in [-0.2, -0.15) is 0 Å². The average Bonchev–Trinajstić information content (AvgIpc) is 2.62. The molecule has 0 radical (unpaired) electrons. The van der Waals surface area contributed by atoms with E-state index >= 15 is 0 Å². The highest BCUT2D eigenvalue weighted by Gasteiger charge is 2.23. The van der Waals surface area contributed by atoms with E-state index in [2.05, 4.69) is 0 Å². The molecule has 0 heterocycles. The van der Waals surface area contributed by atoms with Crippen LogP contribution in [0.1, 0.15) is 33.6 Å². The molecule has 0 fully saturated rings. The van der Waals surface area contributed by atoms with Crippen LogP contribution >= 0.6 is 0 Å². The normalized spacial score (nSPS) is 15.0. The summed E-state index contributed by atoms with van der Waals surface area (Å²) < 4.78 is 21.6. The maximum Gasteiger partial charge on any atom is 0.0853 e. The van der Waals surface area contributed by atoms with Gasteiger partial charge in [-0.25, -0.2) is 4.21 Å². The molecule has 0 aromatic heterocycles. The van der Waals surface area contributed by atoms with Crippen LogP contribution in [0.15, 0.2) is 71.6 Å². The van der Waals surface area contributed by atoms with Gasteiger partial charge in [-0.15, -0.1) is 0 Å². The van der Waals surface area contributed by atoms with E-state index in [1.807, 2.05) is 62.4 Å². The van der Waals surface area contributed by atoms with Gasteiger partial charge in [0.25, 0.3) is 0 Å². The Morgan fingerprint density at radius 1 is 1.09 bits per heavy atom. The molecule has 0 aliphatic heterocycles. The summed E-state index contributed by atoms with van der Waals surface area (Å²) in [5, 5.41) is 10.7. The number of benzene rings is 2. The first-order valence-corrected chi connectivity index (χ1v) is 8.64. The second-order valence-corrected chi connectivity index (χ2v) is 6.56. The van der Waals surface area contributed by atoms with Crippen molar-refractivity contribution in [3.8, 4) is 0 Å². The molecule has 2 rings (SSSR count). The fraction of sp³-hybridized carbons (Fsp3) is 0.263. The summed E-state index contributed by atoms with van der Waals surface area (Å²) in [5.41, 5.74) is -0.560. The van der Waals surface area contributed by atoms with Crippen molar-refractivity contribution in [2.75, 3.05) is 0 Å². The maximum atomic E-state index is 13.1. The van der Waals surface area contributed by atoms with E-state index in [1.165, 1.54) is 0 Å². The summed E-state index contributed by atoms with van der Waals surface area (Å²) in [5.74, 6) is 0. The van der Waals surface area contributed by atoms with Gasteiger partial charge in [0.05, 0.1) is 17.8 Å². The van der Waals surface area contributed by atoms with E-state index < -0.39 is 16.4 Å². The summed E-state index contributed by atoms with van der Waals surface area (Å²) >= 11 is 0. The Labute approximate surface area is 136 Å². The number of hydrogen-bond donors (Lipinski definition) is 1. The predicted molar refractivity (Wildman–Crippen MR) is 92.8 cm³/mol. The molecule has 22 heavy (non-hydrogen) atoms. The largest absolute Gasteiger partial charge is 0.386 e. The molecule has 0 aliphatic rings. The fourth-order valence-corrected chi connectivity index (χ4v) is 3.39. The Bertz CT molecular complexity index is 692. The Kier molecular flexibility index (Phi) is 5.20. The van der Waals surface area contributed by atoms with Crippen LogP contribution in [0, 0.1) is 0 Å². The molecule has 1 N–H and O–H groups in total. The van der Waals surface area contributed by atoms with Crippen molar-refractivity contribution < 1.29 is 10.7 Å². The van der Waals surface area contributed by atoms with Gasteiger partial charge in [0.15, 0.2) is 0 Å². The lowest BCUT2D eigenvalue weighted by Gasteiger charge is -2.23. The van der Waals surface area contributed by atoms with Gasteiger partial charge >= 0.3 is 0 Å². The summed E-state index contributed by atoms with van der Waals surface area (Å²) in [6.45, 7) is 3.68. The highest BCUT2D eigenvalue weighted by Crippen LogP contribution is 2.29. The molecule has 1 unspecified atom stereocenters. The topological polar surface area (TPSA) is 37.3 Å². The van der Waals surface area contributed by atoms with Crippen molar-refractivity contribution in [1.29, 1.82) is 0 Å². The maximum absolute atomic E-state index is 13.1. The third-order valence-electron chi connectivity index (χ3n) is 3.69. The molecule has 0 saturated heterocycles. The van der Waals surface area contributed by atoms with Crippen LogP contribution in [-0.2, 0) is 10.8 Å². The molecule has 0 saturated carbocycles. The molecule has 0 bridgehead atoms. The third kappa shape index (κ3) is 3.93. The lowest BCUT2D eigenvalue weighted by atomic mass is 9.96. The van der Waals surface area contributed by atoms with Crippen molar-refractivity contribution in [2.24, 2.45) is 0 Å². The minimum Gasteiger partial charge on any atom is -0.386 e. The zero-order valence-corrected chi connectivity index (χ0v) is 13.8. The van der Waals surface area contributed by atoms with E-state index in [9.17, 15) is 9.32 Å². The summed E-state index contributed by atoms with van der Waals surface area (Å²) in [6, 6.07) is 18.3. The third-order valence-corrected chi connectivity index (χ3v) is 5.10. The zero-order valence-electron chi connectivity index (χ0n) is 14.0. The van der Waals surface area contributed by atoms with Crippen LogP contribution in [0.5, 0.6) is 0 Å². The molecule has 2 aromatic carbocycles. The van der Waals surface area contributed by atoms with Gasteiger partial charge in [-0.05, 0) is 36.6 Å². The smallest absolute Gasteiger partial charge is 0.0853 e. The Morgan fingerprint density at radius 2 is 1.59 bits per heavy atom. The SMILES string of the molecule is [2H]/C(=C(\c1ccccc1)S(=O)c1ccccc1)C(O)(CC)CC. The van der Waals surface area contributed by atoms with Crippen LogP contribution in [0.25, 0.3) is 4.91 Å². The molecule has 2 aromatic rings. The predicted octanol–water partition coefficient (Wildman–Crippen LogP) is 4.39. The Balaban J connectivity index is 2.65. The second-order valence-electron chi connectivity index (χ2n) is 5.14. The van der Waals surface area contributed by atoms with Crippen molar-refractivity contribution in [1.82, 2.24) is 0 Å². The first-order valence-electron chi connectivity index (χ1n) is 7.99. The van der Waals surface area contributed by atoms with E-state index in [-0.39, 0.29) is 6.05 Å². The van der Waals surface area contributed by atoms with Gasteiger partial charge in [0.2, 0.25) is 0 Å². The lowest BCUT2D eigenvalue weighted by molar-refractivity contribution is 0.0835. The Morgan fingerprint density at radius 3 is 2.09 bits per heavy atom. The molecule has 0 spiro atoms. The van der Waals surface area contributed by atoms with Gasteiger partial charge < -0.3 is 5.11 Å². The van der Waals surface area contributed by atoms with Crippen molar-refractivity contribution in [3.05, 3.63) is 72.3 Å². The van der Waals surface area contributed by atoms with E-state index in [1.54, 1.807) is 12.1 Å². The van der Waals surface area contributed by atoms with Crippen LogP contribution in [-0.4, -0.2) is 14.9 Å². The standard InChI is InChI=1S/C19H22O2S/c1-3-19(20,4-2)15-18(16-11-7-5-8-12-16)22(21)17-13-9-6-10-14-17/h5-15,20H,3-4H2,1-2H3/b18-15-/i15D. The van der Waals surface area contributed by atoms with Gasteiger partial charge in [-0.3, -0.25) is 0 Å². The first kappa shape index (κ1) is 15.2. The summed E-state index contributed by atoms with van der Waals surface area (Å²) in [6.07, 6.45) is 0.815. The lowest BCUT2D eigenvalue weighted by Crippen LogP contribution is -2.24. The molecule has 116 valence electrons. The summed E-state index contributed by atoms with van der Waals surface area (Å²) in [4.78, 5) is 1.01. The van der Waals surface area contributed by atoms with Crippen LogP contribution in [0.4, 0.5) is 0 Å². The van der Waals surface area contributed by atoms with Crippen LogP contribution in [0.2, 0.25) is 0 Å². The fourth-order valence-electron chi connectivity index (χ4n) is 2.12. The van der Waals surface area contributed by atoms with E-state index in [4.69, 9.17) is 1.37 Å². The summed E-state index contributed by atoms with van der Waals surface area (Å²) in [7, 11) is -1.52. The minimum atomic E-state index is -1.52. The molecular weight excluding hydrogens is 292 g/mol. The highest BCUT2D eigenvalue weighted by molar-refractivity contribution is 7.94. The number of rotatable bonds is 6. The molecule has 0 aliphatic carbocycles. The second kappa shape index (κ2) is 7.52. The van der Waals surface area contributed by atoms with Crippen molar-refractivity contribution >= 4 is 15.7 Å². The van der Waals surface area contributed by atoms with Crippen LogP contribution < -0.4 is 0 Å². The van der Waals surface area contributed by atoms with Crippen molar-refractivity contribution in [2.45, 2.75) is 37.2 Å². The van der Waals surface area contributed by atoms with Gasteiger partial charge in [-0.1, -0.05) is 62.4 Å². The number of aliphatic hydroxyl groups is 1. The number of hydrogen-bond acceptors (Lipinski definition) is 2. The van der Waals surface area contributed by atoms with Crippen LogP contribution in [0.3, 0.4) is 0 Å². The average molecular weight is 315 g/mol. The highest BCUT2D eigenvalue weighted by atomic mass is 32.2. The Hall–Kier alpha value is -1.71. The molecule has 3 heteroatoms. The quantitative estimate of drug-likeness (QED) is 0.858. The molecule has 0 amide bonds. The monoisotopic (exact) mass is 315 g/mol. The van der Waals surface area contributed by atoms with Gasteiger partial charge in [0, 0.05) is 9.80 Å². The van der Waals surface area contributed by atoms with E-state index in [0.717, 1.165) is 0 Å². The molecule has 2 nitrogen and oxygen atoms in total. The first-order chi connectivity index (χ1) is 11.0. The minimum absolute atomic E-state index is 0.0379. The van der Waals surface area contributed by atoms with Gasteiger partial charge in [0.1, 0.15) is 0 Å².